The molecule has 6 rings (SSSR count). The van der Waals surface area contributed by atoms with E-state index in [1.807, 2.05) is 6.92 Å². The van der Waals surface area contributed by atoms with Crippen molar-refractivity contribution >= 4 is 11.8 Å². The first-order chi connectivity index (χ1) is 19.9. The minimum atomic E-state index is -0.519. The number of rotatable bonds is 8. The molecule has 3 aliphatic heterocycles. The molecule has 6 aliphatic rings. The molecular weight excluding hydrogens is 526 g/mol. The van der Waals surface area contributed by atoms with Crippen LogP contribution in [0, 0.1) is 23.7 Å². The maximum Gasteiger partial charge on any atom is 0.249 e. The van der Waals surface area contributed by atoms with Gasteiger partial charge in [-0.25, -0.2) is 0 Å². The van der Waals surface area contributed by atoms with Crippen molar-refractivity contribution < 1.29 is 38.6 Å². The molecule has 3 saturated heterocycles. The van der Waals surface area contributed by atoms with Gasteiger partial charge in [-0.2, -0.15) is 0 Å². The highest BCUT2D eigenvalue weighted by atomic mass is 16.5. The molecule has 3 aliphatic carbocycles. The summed E-state index contributed by atoms with van der Waals surface area (Å²) in [4.78, 5) is 29.8. The third-order valence-electron chi connectivity index (χ3n) is 11.8. The summed E-state index contributed by atoms with van der Waals surface area (Å²) in [6.07, 6.45) is 7.80. The highest BCUT2D eigenvalue weighted by Crippen LogP contribution is 2.53. The van der Waals surface area contributed by atoms with Crippen LogP contribution in [0.15, 0.2) is 0 Å². The van der Waals surface area contributed by atoms with E-state index in [-0.39, 0.29) is 54.4 Å². The third kappa shape index (κ3) is 5.35. The molecule has 3 N–H and O–H groups in total. The third-order valence-corrected chi connectivity index (χ3v) is 11.8. The Bertz CT molecular complexity index is 941. The van der Waals surface area contributed by atoms with Crippen LogP contribution in [-0.4, -0.2) is 112 Å². The first-order valence-electron chi connectivity index (χ1n) is 16.1. The molecule has 0 aromatic carbocycles. The van der Waals surface area contributed by atoms with Crippen LogP contribution in [0.25, 0.3) is 0 Å². The normalized spacial score (nSPS) is 46.3. The molecule has 10 heteroatoms. The molecule has 6 fully saturated rings. The van der Waals surface area contributed by atoms with E-state index in [0.29, 0.717) is 35.7 Å². The molecule has 2 amide bonds. The van der Waals surface area contributed by atoms with Gasteiger partial charge >= 0.3 is 0 Å². The Morgan fingerprint density at radius 3 is 2.29 bits per heavy atom. The van der Waals surface area contributed by atoms with Crippen LogP contribution in [0.2, 0.25) is 0 Å². The van der Waals surface area contributed by atoms with Crippen LogP contribution in [0.5, 0.6) is 0 Å². The van der Waals surface area contributed by atoms with Gasteiger partial charge in [0.25, 0.3) is 0 Å². The molecule has 10 nitrogen and oxygen atoms in total. The van der Waals surface area contributed by atoms with Crippen molar-refractivity contribution in [2.24, 2.45) is 23.7 Å². The lowest BCUT2D eigenvalue weighted by atomic mass is 9.64. The molecule has 13 atom stereocenters. The van der Waals surface area contributed by atoms with E-state index < -0.39 is 6.10 Å². The summed E-state index contributed by atoms with van der Waals surface area (Å²) in [6, 6.07) is 1.02. The zero-order chi connectivity index (χ0) is 28.8. The Morgan fingerprint density at radius 2 is 1.61 bits per heavy atom. The number of carbonyl (C=O) groups is 2. The zero-order valence-electron chi connectivity index (χ0n) is 25.5. The number of amides is 2. The summed E-state index contributed by atoms with van der Waals surface area (Å²) in [7, 11) is 6.92. The summed E-state index contributed by atoms with van der Waals surface area (Å²) >= 11 is 0. The average Bonchev–Trinajstić information content (AvgIpc) is 3.33. The van der Waals surface area contributed by atoms with E-state index in [1.54, 1.807) is 28.4 Å². The minimum absolute atomic E-state index is 0.0225. The maximum atomic E-state index is 14.3. The predicted molar refractivity (Wildman–Crippen MR) is 150 cm³/mol. The monoisotopic (exact) mass is 578 g/mol. The average molecular weight is 579 g/mol. The van der Waals surface area contributed by atoms with Gasteiger partial charge in [-0.15, -0.1) is 0 Å². The molecule has 41 heavy (non-hydrogen) atoms. The number of nitrogens with zero attached hydrogens (tertiary/aromatic N) is 1. The van der Waals surface area contributed by atoms with Gasteiger partial charge in [0.2, 0.25) is 11.8 Å². The number of nitrogens with one attached hydrogen (secondary N) is 1. The first kappa shape index (κ1) is 29.8. The summed E-state index contributed by atoms with van der Waals surface area (Å²) in [5.74, 6) is 1.39. The number of methoxy groups -OCH3 is 4. The number of quaternary nitrogens is 1. The molecule has 0 spiro atoms. The number of piperidine rings is 2. The second-order valence-electron chi connectivity index (χ2n) is 13.6. The van der Waals surface area contributed by atoms with Crippen molar-refractivity contribution in [2.45, 2.75) is 126 Å². The number of carbonyl (C=O) groups excluding carboxylic acids is 2. The summed E-state index contributed by atoms with van der Waals surface area (Å²) in [5.41, 5.74) is 0. The van der Waals surface area contributed by atoms with E-state index in [4.69, 9.17) is 23.7 Å². The smallest absolute Gasteiger partial charge is 0.249 e. The summed E-state index contributed by atoms with van der Waals surface area (Å²) < 4.78 is 29.4. The maximum absolute atomic E-state index is 14.3. The minimum Gasteiger partial charge on any atom is -0.381 e. The lowest BCUT2D eigenvalue weighted by molar-refractivity contribution is -0.713. The van der Waals surface area contributed by atoms with Crippen LogP contribution < -0.4 is 10.6 Å². The van der Waals surface area contributed by atoms with Crippen molar-refractivity contribution in [1.29, 1.82) is 0 Å². The fourth-order valence-corrected chi connectivity index (χ4v) is 10.0. The van der Waals surface area contributed by atoms with Crippen molar-refractivity contribution in [2.75, 3.05) is 35.0 Å². The first-order valence-corrected chi connectivity index (χ1v) is 16.1. The molecule has 13 unspecified atom stereocenters. The van der Waals surface area contributed by atoms with Gasteiger partial charge in [0.1, 0.15) is 12.1 Å². The molecule has 3 heterocycles. The topological polar surface area (TPSA) is 112 Å². The molecular formula is C31H52N3O7+. The Kier molecular flexibility index (Phi) is 8.97. The van der Waals surface area contributed by atoms with E-state index in [1.165, 1.54) is 0 Å². The summed E-state index contributed by atoms with van der Waals surface area (Å²) in [5, 5.41) is 5.74. The standard InChI is InChI=1S/C31H51N3O7/c1-16(30(35)33-17-12-19(37-2)14-20(13-17)38-3)41-18-6-8-24-23(15-18)21-10-11-32-27-22-7-9-25(39-4)29(40-5)26(22)31(36)34(24)28(21)27/h16-29,32H,6-15H2,1-5H3,(H,33,35)/p+1. The van der Waals surface area contributed by atoms with Crippen LogP contribution in [0.1, 0.15) is 64.7 Å². The van der Waals surface area contributed by atoms with E-state index >= 15 is 0 Å². The Balaban J connectivity index is 1.11. The lowest BCUT2D eigenvalue weighted by Crippen LogP contribution is -2.99. The predicted octanol–water partition coefficient (Wildman–Crippen LogP) is 0.860. The Morgan fingerprint density at radius 1 is 0.854 bits per heavy atom. The zero-order valence-corrected chi connectivity index (χ0v) is 25.5. The Hall–Kier alpha value is -1.30. The Labute approximate surface area is 244 Å². The van der Waals surface area contributed by atoms with Gasteiger partial charge in [-0.1, -0.05) is 0 Å². The van der Waals surface area contributed by atoms with Crippen LogP contribution in [0.4, 0.5) is 0 Å². The fraction of sp³-hybridized carbons (Fsp3) is 0.935. The number of nitrogens with two attached hydrogens (primary N) is 1. The quantitative estimate of drug-likeness (QED) is 0.440. The lowest BCUT2D eigenvalue weighted by Gasteiger charge is -2.53. The van der Waals surface area contributed by atoms with Gasteiger partial charge in [-0.3, -0.25) is 9.59 Å². The van der Waals surface area contributed by atoms with Crippen LogP contribution >= 0.6 is 0 Å². The van der Waals surface area contributed by atoms with Crippen molar-refractivity contribution in [3.05, 3.63) is 0 Å². The van der Waals surface area contributed by atoms with Gasteiger partial charge in [0, 0.05) is 52.9 Å². The van der Waals surface area contributed by atoms with Gasteiger partial charge in [0.05, 0.1) is 49.0 Å². The highest BCUT2D eigenvalue weighted by molar-refractivity contribution is 5.83. The molecule has 0 aromatic heterocycles. The number of ether oxygens (including phenoxy) is 5. The van der Waals surface area contributed by atoms with Gasteiger partial charge in [0.15, 0.2) is 0 Å². The van der Waals surface area contributed by atoms with E-state index in [0.717, 1.165) is 64.3 Å². The van der Waals surface area contributed by atoms with Crippen LogP contribution in [-0.2, 0) is 33.3 Å². The van der Waals surface area contributed by atoms with Gasteiger partial charge < -0.3 is 39.2 Å². The number of hydrogen-bond acceptors (Lipinski definition) is 7. The fourth-order valence-electron chi connectivity index (χ4n) is 10.0. The summed E-state index contributed by atoms with van der Waals surface area (Å²) in [6.45, 7) is 2.99. The van der Waals surface area contributed by atoms with E-state index in [9.17, 15) is 9.59 Å². The molecule has 0 aromatic rings. The van der Waals surface area contributed by atoms with Crippen LogP contribution in [0.3, 0.4) is 0 Å². The highest BCUT2D eigenvalue weighted by Gasteiger charge is 2.66. The number of fused-ring (bicyclic) bond motifs is 5. The number of hydrogen-bond donors (Lipinski definition) is 2. The van der Waals surface area contributed by atoms with Crippen molar-refractivity contribution in [3.63, 3.8) is 0 Å². The van der Waals surface area contributed by atoms with E-state index in [2.05, 4.69) is 15.5 Å². The second-order valence-corrected chi connectivity index (χ2v) is 13.6. The van der Waals surface area contributed by atoms with Gasteiger partial charge in [-0.05, 0) is 70.1 Å². The largest absolute Gasteiger partial charge is 0.381 e. The molecule has 0 bridgehead atoms. The molecule has 232 valence electrons. The SMILES string of the molecule is COC1CC(NC(=O)C(C)OC2CCC3C(C2)C2CC[NH2+]C4C5CCC(OC)C(OC)C5C(=O)N3C24)CC(OC)C1. The van der Waals surface area contributed by atoms with Crippen molar-refractivity contribution in [1.82, 2.24) is 10.2 Å². The molecule has 0 radical (unpaired) electrons. The second kappa shape index (κ2) is 12.4. The molecule has 3 saturated carbocycles. The van der Waals surface area contributed by atoms with Crippen molar-refractivity contribution in [3.8, 4) is 0 Å².